The molecule has 2 aromatic rings. The molecule has 0 aliphatic rings. The van der Waals surface area contributed by atoms with E-state index in [-0.39, 0.29) is 0 Å². The van der Waals surface area contributed by atoms with Gasteiger partial charge in [0.1, 0.15) is 11.3 Å². The van der Waals surface area contributed by atoms with Gasteiger partial charge in [-0.2, -0.15) is 0 Å². The van der Waals surface area contributed by atoms with Crippen LogP contribution in [0.3, 0.4) is 0 Å². The summed E-state index contributed by atoms with van der Waals surface area (Å²) in [6.07, 6.45) is 1.71. The maximum Gasteiger partial charge on any atom is 0.137 e. The molecule has 3 heteroatoms. The highest BCUT2D eigenvalue weighted by molar-refractivity contribution is 6.17. The summed E-state index contributed by atoms with van der Waals surface area (Å²) in [5.74, 6) is 1.32. The number of halogens is 1. The Hall–Kier alpha value is -1.02. The third-order valence-corrected chi connectivity index (χ3v) is 2.03. The molecular formula is C9H8ClNO. The van der Waals surface area contributed by atoms with Crippen LogP contribution in [0.15, 0.2) is 22.7 Å². The SMILES string of the molecule is Cc1cc2c(CCl)nccc2o1. The summed E-state index contributed by atoms with van der Waals surface area (Å²) in [6.45, 7) is 1.91. The molecule has 0 bridgehead atoms. The molecule has 2 aromatic heterocycles. The standard InChI is InChI=1S/C9H8ClNO/c1-6-4-7-8(5-10)11-3-2-9(7)12-6/h2-4H,5H2,1H3. The number of aromatic nitrogens is 1. The minimum atomic E-state index is 0.427. The van der Waals surface area contributed by atoms with Gasteiger partial charge in [0.25, 0.3) is 0 Å². The summed E-state index contributed by atoms with van der Waals surface area (Å²) in [4.78, 5) is 4.15. The van der Waals surface area contributed by atoms with Gasteiger partial charge >= 0.3 is 0 Å². The summed E-state index contributed by atoms with van der Waals surface area (Å²) in [5, 5.41) is 1.02. The number of rotatable bonds is 1. The van der Waals surface area contributed by atoms with Crippen molar-refractivity contribution < 1.29 is 4.42 Å². The lowest BCUT2D eigenvalue weighted by molar-refractivity contribution is 0.578. The molecule has 0 saturated carbocycles. The Kier molecular flexibility index (Phi) is 1.77. The van der Waals surface area contributed by atoms with Gasteiger partial charge < -0.3 is 4.42 Å². The Labute approximate surface area is 75.2 Å². The van der Waals surface area contributed by atoms with Gasteiger partial charge in [0.15, 0.2) is 0 Å². The average Bonchev–Trinajstić information content (AvgIpc) is 2.44. The lowest BCUT2D eigenvalue weighted by Gasteiger charge is -1.93. The molecule has 62 valence electrons. The number of furan rings is 1. The van der Waals surface area contributed by atoms with Crippen molar-refractivity contribution in [3.05, 3.63) is 29.8 Å². The molecule has 12 heavy (non-hydrogen) atoms. The summed E-state index contributed by atoms with van der Waals surface area (Å²) >= 11 is 5.71. The second-order valence-corrected chi connectivity index (χ2v) is 2.93. The maximum atomic E-state index is 5.71. The van der Waals surface area contributed by atoms with Gasteiger partial charge in [0.05, 0.1) is 11.6 Å². The van der Waals surface area contributed by atoms with Gasteiger partial charge in [-0.05, 0) is 19.1 Å². The summed E-state index contributed by atoms with van der Waals surface area (Å²) in [7, 11) is 0. The van der Waals surface area contributed by atoms with Crippen molar-refractivity contribution in [1.29, 1.82) is 0 Å². The molecule has 0 saturated heterocycles. The molecule has 0 N–H and O–H groups in total. The Morgan fingerprint density at radius 2 is 2.42 bits per heavy atom. The van der Waals surface area contributed by atoms with Gasteiger partial charge in [-0.1, -0.05) is 0 Å². The Morgan fingerprint density at radius 3 is 3.17 bits per heavy atom. The van der Waals surface area contributed by atoms with E-state index in [1.807, 2.05) is 19.1 Å². The van der Waals surface area contributed by atoms with Gasteiger partial charge in [-0.15, -0.1) is 11.6 Å². The first-order valence-electron chi connectivity index (χ1n) is 3.71. The van der Waals surface area contributed by atoms with Crippen molar-refractivity contribution in [1.82, 2.24) is 4.98 Å². The second kappa shape index (κ2) is 2.79. The molecule has 0 fully saturated rings. The van der Waals surface area contributed by atoms with Crippen molar-refractivity contribution in [2.75, 3.05) is 0 Å². The van der Waals surface area contributed by atoms with Crippen LogP contribution >= 0.6 is 11.6 Å². The number of alkyl halides is 1. The fraction of sp³-hybridized carbons (Fsp3) is 0.222. The number of nitrogens with zero attached hydrogens (tertiary/aromatic N) is 1. The van der Waals surface area contributed by atoms with E-state index in [1.165, 1.54) is 0 Å². The largest absolute Gasteiger partial charge is 0.461 e. The maximum absolute atomic E-state index is 5.71. The van der Waals surface area contributed by atoms with Crippen molar-refractivity contribution >= 4 is 22.6 Å². The zero-order valence-corrected chi connectivity index (χ0v) is 7.43. The van der Waals surface area contributed by atoms with Crippen LogP contribution in [-0.4, -0.2) is 4.98 Å². The molecule has 0 amide bonds. The summed E-state index contributed by atoms with van der Waals surface area (Å²) < 4.78 is 5.41. The third-order valence-electron chi connectivity index (χ3n) is 1.78. The monoisotopic (exact) mass is 181 g/mol. The predicted octanol–water partition coefficient (Wildman–Crippen LogP) is 2.88. The Morgan fingerprint density at radius 1 is 1.58 bits per heavy atom. The fourth-order valence-corrected chi connectivity index (χ4v) is 1.47. The molecule has 2 heterocycles. The van der Waals surface area contributed by atoms with E-state index in [2.05, 4.69) is 4.98 Å². The molecule has 0 atom stereocenters. The minimum absolute atomic E-state index is 0.427. The molecule has 0 aromatic carbocycles. The topological polar surface area (TPSA) is 26.0 Å². The lowest BCUT2D eigenvalue weighted by atomic mass is 10.2. The molecule has 0 spiro atoms. The molecular weight excluding hydrogens is 174 g/mol. The smallest absolute Gasteiger partial charge is 0.137 e. The molecule has 0 radical (unpaired) electrons. The summed E-state index contributed by atoms with van der Waals surface area (Å²) in [6, 6.07) is 3.80. The molecule has 0 aliphatic carbocycles. The van der Waals surface area contributed by atoms with E-state index in [1.54, 1.807) is 6.20 Å². The number of fused-ring (bicyclic) bond motifs is 1. The third kappa shape index (κ3) is 1.08. The van der Waals surface area contributed by atoms with Crippen LogP contribution in [0.4, 0.5) is 0 Å². The number of aryl methyl sites for hydroxylation is 1. The molecule has 0 aliphatic heterocycles. The van der Waals surface area contributed by atoms with Gasteiger partial charge in [0.2, 0.25) is 0 Å². The Bertz CT molecular complexity index is 408. The predicted molar refractivity (Wildman–Crippen MR) is 48.3 cm³/mol. The van der Waals surface area contributed by atoms with Crippen LogP contribution in [0.25, 0.3) is 11.0 Å². The summed E-state index contributed by atoms with van der Waals surface area (Å²) in [5.41, 5.74) is 1.74. The van der Waals surface area contributed by atoms with E-state index >= 15 is 0 Å². The highest BCUT2D eigenvalue weighted by Gasteiger charge is 2.04. The van der Waals surface area contributed by atoms with Crippen LogP contribution in [0.2, 0.25) is 0 Å². The first kappa shape index (κ1) is 7.62. The first-order valence-corrected chi connectivity index (χ1v) is 4.24. The van der Waals surface area contributed by atoms with Crippen molar-refractivity contribution in [3.8, 4) is 0 Å². The highest BCUT2D eigenvalue weighted by Crippen LogP contribution is 2.21. The van der Waals surface area contributed by atoms with Crippen molar-refractivity contribution in [3.63, 3.8) is 0 Å². The van der Waals surface area contributed by atoms with Gasteiger partial charge in [-0.25, -0.2) is 0 Å². The van der Waals surface area contributed by atoms with Crippen LogP contribution in [0, 0.1) is 6.92 Å². The zero-order valence-electron chi connectivity index (χ0n) is 6.67. The fourth-order valence-electron chi connectivity index (χ4n) is 1.25. The van der Waals surface area contributed by atoms with E-state index in [0.29, 0.717) is 5.88 Å². The second-order valence-electron chi connectivity index (χ2n) is 2.66. The number of hydrogen-bond donors (Lipinski definition) is 0. The highest BCUT2D eigenvalue weighted by atomic mass is 35.5. The minimum Gasteiger partial charge on any atom is -0.461 e. The van der Waals surface area contributed by atoms with Crippen molar-refractivity contribution in [2.24, 2.45) is 0 Å². The lowest BCUT2D eigenvalue weighted by Crippen LogP contribution is -1.83. The van der Waals surface area contributed by atoms with E-state index in [0.717, 1.165) is 22.4 Å². The van der Waals surface area contributed by atoms with E-state index in [4.69, 9.17) is 16.0 Å². The number of hydrogen-bond acceptors (Lipinski definition) is 2. The van der Waals surface area contributed by atoms with Gasteiger partial charge in [0, 0.05) is 11.6 Å². The molecule has 2 rings (SSSR count). The average molecular weight is 182 g/mol. The van der Waals surface area contributed by atoms with E-state index in [9.17, 15) is 0 Å². The van der Waals surface area contributed by atoms with Crippen molar-refractivity contribution in [2.45, 2.75) is 12.8 Å². The number of pyridine rings is 1. The van der Waals surface area contributed by atoms with Crippen LogP contribution in [0.1, 0.15) is 11.5 Å². The Balaban J connectivity index is 2.78. The first-order chi connectivity index (χ1) is 5.81. The molecule has 0 unspecified atom stereocenters. The zero-order chi connectivity index (χ0) is 8.55. The quantitative estimate of drug-likeness (QED) is 0.633. The van der Waals surface area contributed by atoms with Crippen LogP contribution in [-0.2, 0) is 5.88 Å². The van der Waals surface area contributed by atoms with E-state index < -0.39 is 0 Å². The normalized spacial score (nSPS) is 10.8. The van der Waals surface area contributed by atoms with Crippen LogP contribution in [0.5, 0.6) is 0 Å². The molecule has 2 nitrogen and oxygen atoms in total. The van der Waals surface area contributed by atoms with Crippen LogP contribution < -0.4 is 0 Å². The van der Waals surface area contributed by atoms with Gasteiger partial charge in [-0.3, -0.25) is 4.98 Å².